The van der Waals surface area contributed by atoms with Crippen LogP contribution in [-0.4, -0.2) is 43.3 Å². The first kappa shape index (κ1) is 14.3. The first-order valence-corrected chi connectivity index (χ1v) is 6.85. The first-order chi connectivity index (χ1) is 8.15. The third kappa shape index (κ3) is 4.97. The van der Waals surface area contributed by atoms with Gasteiger partial charge in [0.2, 0.25) is 0 Å². The molecule has 0 bridgehead atoms. The van der Waals surface area contributed by atoms with E-state index in [4.69, 9.17) is 0 Å². The SMILES string of the molecule is CNCCN/C1=N/CS/C=C(/C)C(C)C(O)N1. The lowest BCUT2D eigenvalue weighted by Crippen LogP contribution is -2.47. The molecule has 0 saturated heterocycles. The van der Waals surface area contributed by atoms with Crippen LogP contribution in [0.2, 0.25) is 0 Å². The van der Waals surface area contributed by atoms with Gasteiger partial charge in [-0.25, -0.2) is 4.99 Å². The second-order valence-corrected chi connectivity index (χ2v) is 4.90. The molecule has 98 valence electrons. The van der Waals surface area contributed by atoms with Crippen LogP contribution < -0.4 is 16.0 Å². The summed E-state index contributed by atoms with van der Waals surface area (Å²) in [6.45, 7) is 5.67. The molecule has 0 saturated carbocycles. The summed E-state index contributed by atoms with van der Waals surface area (Å²) in [5.74, 6) is 1.40. The lowest BCUT2D eigenvalue weighted by molar-refractivity contribution is 0.117. The van der Waals surface area contributed by atoms with Crippen molar-refractivity contribution >= 4 is 17.7 Å². The van der Waals surface area contributed by atoms with Crippen molar-refractivity contribution in [3.05, 3.63) is 11.0 Å². The van der Waals surface area contributed by atoms with Crippen molar-refractivity contribution in [1.29, 1.82) is 0 Å². The van der Waals surface area contributed by atoms with E-state index in [1.807, 2.05) is 20.9 Å². The Kier molecular flexibility index (Phi) is 6.39. The first-order valence-electron chi connectivity index (χ1n) is 5.81. The third-order valence-corrected chi connectivity index (χ3v) is 3.53. The quantitative estimate of drug-likeness (QED) is 0.548. The van der Waals surface area contributed by atoms with Crippen molar-refractivity contribution in [3.63, 3.8) is 0 Å². The molecule has 5 nitrogen and oxygen atoms in total. The van der Waals surface area contributed by atoms with E-state index in [0.717, 1.165) is 13.1 Å². The van der Waals surface area contributed by atoms with Crippen LogP contribution in [0.3, 0.4) is 0 Å². The molecule has 0 aromatic heterocycles. The fraction of sp³-hybridized carbons (Fsp3) is 0.727. The van der Waals surface area contributed by atoms with E-state index in [-0.39, 0.29) is 5.92 Å². The van der Waals surface area contributed by atoms with E-state index in [9.17, 15) is 5.11 Å². The van der Waals surface area contributed by atoms with Gasteiger partial charge in [-0.15, -0.1) is 11.8 Å². The molecular weight excluding hydrogens is 236 g/mol. The molecule has 0 aromatic carbocycles. The molecule has 0 radical (unpaired) electrons. The molecule has 0 amide bonds. The van der Waals surface area contributed by atoms with Gasteiger partial charge in [0, 0.05) is 19.0 Å². The van der Waals surface area contributed by atoms with Crippen molar-refractivity contribution in [2.45, 2.75) is 20.1 Å². The number of hydrogen-bond donors (Lipinski definition) is 4. The molecule has 0 aliphatic carbocycles. The van der Waals surface area contributed by atoms with E-state index in [0.29, 0.717) is 11.8 Å². The summed E-state index contributed by atoms with van der Waals surface area (Å²) in [4.78, 5) is 4.36. The van der Waals surface area contributed by atoms with Gasteiger partial charge in [-0.05, 0) is 19.4 Å². The van der Waals surface area contributed by atoms with Crippen LogP contribution in [0, 0.1) is 5.92 Å². The number of aliphatic hydroxyl groups excluding tert-OH is 1. The van der Waals surface area contributed by atoms with E-state index >= 15 is 0 Å². The van der Waals surface area contributed by atoms with Crippen LogP contribution in [-0.2, 0) is 0 Å². The minimum atomic E-state index is -0.606. The van der Waals surface area contributed by atoms with E-state index in [1.54, 1.807) is 11.8 Å². The maximum atomic E-state index is 10.0. The number of nitrogens with one attached hydrogen (secondary N) is 3. The predicted molar refractivity (Wildman–Crippen MR) is 73.9 cm³/mol. The number of rotatable bonds is 3. The lowest BCUT2D eigenvalue weighted by atomic mass is 10.0. The number of guanidine groups is 1. The van der Waals surface area contributed by atoms with Gasteiger partial charge in [-0.2, -0.15) is 0 Å². The van der Waals surface area contributed by atoms with Crippen molar-refractivity contribution in [1.82, 2.24) is 16.0 Å². The van der Waals surface area contributed by atoms with Gasteiger partial charge in [0.25, 0.3) is 0 Å². The van der Waals surface area contributed by atoms with Gasteiger partial charge in [0.15, 0.2) is 5.96 Å². The highest BCUT2D eigenvalue weighted by atomic mass is 32.2. The van der Waals surface area contributed by atoms with Gasteiger partial charge in [-0.3, -0.25) is 0 Å². The Hall–Kier alpha value is -0.720. The molecule has 4 N–H and O–H groups in total. The van der Waals surface area contributed by atoms with Crippen molar-refractivity contribution in [2.24, 2.45) is 10.9 Å². The Morgan fingerprint density at radius 2 is 2.35 bits per heavy atom. The second kappa shape index (κ2) is 7.58. The molecule has 6 heteroatoms. The average molecular weight is 258 g/mol. The normalized spacial score (nSPS) is 32.0. The maximum absolute atomic E-state index is 10.0. The number of hydrogen-bond acceptors (Lipinski definition) is 6. The number of likely N-dealkylation sites (N-methyl/N-ethyl adjacent to an activating group) is 1. The predicted octanol–water partition coefficient (Wildman–Crippen LogP) is 0.304. The van der Waals surface area contributed by atoms with Crippen molar-refractivity contribution in [2.75, 3.05) is 26.0 Å². The van der Waals surface area contributed by atoms with Crippen LogP contribution in [0.4, 0.5) is 0 Å². The smallest absolute Gasteiger partial charge is 0.194 e. The molecule has 0 spiro atoms. The zero-order valence-corrected chi connectivity index (χ0v) is 11.5. The third-order valence-electron chi connectivity index (χ3n) is 2.71. The summed E-state index contributed by atoms with van der Waals surface area (Å²) in [6, 6.07) is 0. The number of nitrogens with zero attached hydrogens (tertiary/aromatic N) is 1. The summed E-state index contributed by atoms with van der Waals surface area (Å²) in [6.07, 6.45) is -0.606. The van der Waals surface area contributed by atoms with Gasteiger partial charge in [0.05, 0.1) is 5.88 Å². The summed E-state index contributed by atoms with van der Waals surface area (Å²) < 4.78 is 0. The molecule has 17 heavy (non-hydrogen) atoms. The fourth-order valence-corrected chi connectivity index (χ4v) is 2.11. The summed E-state index contributed by atoms with van der Waals surface area (Å²) in [7, 11) is 1.90. The highest BCUT2D eigenvalue weighted by Gasteiger charge is 2.17. The molecule has 1 heterocycles. The molecule has 2 atom stereocenters. The van der Waals surface area contributed by atoms with Gasteiger partial charge in [-0.1, -0.05) is 12.5 Å². The minimum Gasteiger partial charge on any atom is -0.373 e. The Bertz CT molecular complexity index is 293. The van der Waals surface area contributed by atoms with E-state index in [2.05, 4.69) is 26.4 Å². The number of thioether (sulfide) groups is 1. The molecule has 1 rings (SSSR count). The monoisotopic (exact) mass is 258 g/mol. The summed E-state index contributed by atoms with van der Waals surface area (Å²) in [5, 5.41) is 21.3. The van der Waals surface area contributed by atoms with Crippen molar-refractivity contribution < 1.29 is 5.11 Å². The topological polar surface area (TPSA) is 68.7 Å². The number of aliphatic hydroxyl groups is 1. The maximum Gasteiger partial charge on any atom is 0.194 e. The average Bonchev–Trinajstić information content (AvgIpc) is 2.37. The zero-order chi connectivity index (χ0) is 12.7. The van der Waals surface area contributed by atoms with Gasteiger partial charge >= 0.3 is 0 Å². The van der Waals surface area contributed by atoms with Crippen LogP contribution in [0.5, 0.6) is 0 Å². The highest BCUT2D eigenvalue weighted by molar-refractivity contribution is 8.02. The van der Waals surface area contributed by atoms with Gasteiger partial charge < -0.3 is 21.1 Å². The Morgan fingerprint density at radius 3 is 3.06 bits per heavy atom. The fourth-order valence-electron chi connectivity index (χ4n) is 1.35. The molecular formula is C11H22N4OS. The Balaban J connectivity index is 2.57. The summed E-state index contributed by atoms with van der Waals surface area (Å²) in [5.41, 5.74) is 1.17. The standard InChI is InChI=1S/C11H22N4OS/c1-8-6-17-7-14-11(13-5-4-12-3)15-10(16)9(8)2/h6,9-10,12,16H,4-5,7H2,1-3H3,(H2,13,14,15)/b8-6-. The highest BCUT2D eigenvalue weighted by Crippen LogP contribution is 2.18. The van der Waals surface area contributed by atoms with Crippen LogP contribution in [0.1, 0.15) is 13.8 Å². The zero-order valence-electron chi connectivity index (χ0n) is 10.7. The van der Waals surface area contributed by atoms with Crippen LogP contribution >= 0.6 is 11.8 Å². The number of aliphatic imine (C=N–C) groups is 1. The second-order valence-electron chi connectivity index (χ2n) is 4.07. The van der Waals surface area contributed by atoms with E-state index < -0.39 is 6.23 Å². The Morgan fingerprint density at radius 1 is 1.59 bits per heavy atom. The molecule has 1 aliphatic rings. The molecule has 0 fully saturated rings. The minimum absolute atomic E-state index is 0.0805. The summed E-state index contributed by atoms with van der Waals surface area (Å²) >= 11 is 1.64. The largest absolute Gasteiger partial charge is 0.373 e. The lowest BCUT2D eigenvalue weighted by Gasteiger charge is -2.22. The van der Waals surface area contributed by atoms with Gasteiger partial charge in [0.1, 0.15) is 6.23 Å². The Labute approximate surface area is 107 Å². The van der Waals surface area contributed by atoms with E-state index in [1.165, 1.54) is 5.57 Å². The van der Waals surface area contributed by atoms with Crippen molar-refractivity contribution in [3.8, 4) is 0 Å². The molecule has 2 unspecified atom stereocenters. The molecule has 0 aromatic rings. The van der Waals surface area contributed by atoms with Crippen LogP contribution in [0.15, 0.2) is 16.0 Å². The molecule has 1 aliphatic heterocycles. The van der Waals surface area contributed by atoms with Crippen LogP contribution in [0.25, 0.3) is 0 Å².